The van der Waals surface area contributed by atoms with Gasteiger partial charge in [0, 0.05) is 18.1 Å². The van der Waals surface area contributed by atoms with Crippen molar-refractivity contribution in [2.45, 2.75) is 6.42 Å². The van der Waals surface area contributed by atoms with E-state index in [0.29, 0.717) is 0 Å². The van der Waals surface area contributed by atoms with Gasteiger partial charge in [-0.15, -0.1) is 0 Å². The number of methoxy groups -OCH3 is 1. The Labute approximate surface area is 91.0 Å². The van der Waals surface area contributed by atoms with Gasteiger partial charge >= 0.3 is 5.97 Å². The summed E-state index contributed by atoms with van der Waals surface area (Å²) < 4.78 is 4.23. The molecule has 1 aromatic rings. The number of hydrogen-bond acceptors (Lipinski definition) is 5. The zero-order chi connectivity index (χ0) is 12.1. The molecule has 0 aliphatic rings. The van der Waals surface area contributed by atoms with E-state index < -0.39 is 16.7 Å². The highest BCUT2D eigenvalue weighted by Crippen LogP contribution is 2.18. The van der Waals surface area contributed by atoms with E-state index in [1.807, 2.05) is 0 Å². The Morgan fingerprint density at radius 3 is 2.56 bits per heavy atom. The van der Waals surface area contributed by atoms with Crippen LogP contribution in [0, 0.1) is 10.1 Å². The lowest BCUT2D eigenvalue weighted by Crippen LogP contribution is -2.18. The number of benzene rings is 1. The maximum absolute atomic E-state index is 11.2. The number of carbonyl (C=O) groups excluding carboxylic acids is 2. The summed E-state index contributed by atoms with van der Waals surface area (Å²) in [5, 5.41) is 10.6. The number of rotatable bonds is 4. The zero-order valence-corrected chi connectivity index (χ0v) is 8.50. The van der Waals surface area contributed by atoms with Crippen LogP contribution >= 0.6 is 0 Å². The van der Waals surface area contributed by atoms with E-state index in [2.05, 4.69) is 4.74 Å². The summed E-state index contributed by atoms with van der Waals surface area (Å²) in [6.07, 6.45) is -0.330. The Morgan fingerprint density at radius 1 is 1.38 bits per heavy atom. The van der Waals surface area contributed by atoms with Crippen LogP contribution in [0.25, 0.3) is 0 Å². The predicted molar refractivity (Wildman–Crippen MR) is 53.8 cm³/mol. The number of para-hydroxylation sites is 1. The second kappa shape index (κ2) is 5.01. The van der Waals surface area contributed by atoms with Crippen LogP contribution in [0.3, 0.4) is 0 Å². The van der Waals surface area contributed by atoms with E-state index >= 15 is 0 Å². The van der Waals surface area contributed by atoms with Gasteiger partial charge in [0.2, 0.25) is 5.78 Å². The molecule has 0 unspecified atom stereocenters. The number of nitro benzene ring substituents is 1. The van der Waals surface area contributed by atoms with Crippen LogP contribution in [0.4, 0.5) is 5.69 Å². The lowest BCUT2D eigenvalue weighted by Gasteiger charge is -2.00. The maximum atomic E-state index is 11.2. The van der Waals surface area contributed by atoms with Gasteiger partial charge in [-0.25, -0.2) is 4.79 Å². The molecule has 0 fully saturated rings. The Bertz CT molecular complexity index is 441. The van der Waals surface area contributed by atoms with Gasteiger partial charge in [0.15, 0.2) is 0 Å². The van der Waals surface area contributed by atoms with Gasteiger partial charge in [-0.2, -0.15) is 0 Å². The molecule has 6 heteroatoms. The Balaban J connectivity index is 2.93. The highest BCUT2D eigenvalue weighted by molar-refractivity contribution is 6.34. The zero-order valence-electron chi connectivity index (χ0n) is 8.50. The van der Waals surface area contributed by atoms with Crippen LogP contribution in [0.1, 0.15) is 5.56 Å². The summed E-state index contributed by atoms with van der Waals surface area (Å²) in [7, 11) is 1.08. The molecule has 0 bridgehead atoms. The number of esters is 1. The summed E-state index contributed by atoms with van der Waals surface area (Å²) in [6.45, 7) is 0. The number of nitro groups is 1. The number of ether oxygens (including phenoxy) is 1. The summed E-state index contributed by atoms with van der Waals surface area (Å²) in [5.74, 6) is -1.81. The molecule has 6 nitrogen and oxygen atoms in total. The lowest BCUT2D eigenvalue weighted by molar-refractivity contribution is -0.385. The van der Waals surface area contributed by atoms with E-state index in [1.165, 1.54) is 18.2 Å². The van der Waals surface area contributed by atoms with Gasteiger partial charge in [0.05, 0.1) is 12.0 Å². The van der Waals surface area contributed by atoms with E-state index in [1.54, 1.807) is 6.07 Å². The molecule has 0 saturated heterocycles. The molecule has 84 valence electrons. The van der Waals surface area contributed by atoms with Gasteiger partial charge in [0.25, 0.3) is 5.69 Å². The SMILES string of the molecule is COC(=O)C(=O)Cc1ccccc1[N+](=O)[O-]. The minimum Gasteiger partial charge on any atom is -0.463 e. The molecule has 1 aromatic carbocycles. The summed E-state index contributed by atoms with van der Waals surface area (Å²) in [6, 6.07) is 5.76. The minimum atomic E-state index is -1.00. The molecule has 0 aliphatic heterocycles. The van der Waals surface area contributed by atoms with Crippen molar-refractivity contribution in [2.24, 2.45) is 0 Å². The number of Topliss-reactive ketones (excluding diaryl/α,β-unsaturated/α-hetero) is 1. The number of carbonyl (C=O) groups is 2. The third-order valence-corrected chi connectivity index (χ3v) is 1.95. The monoisotopic (exact) mass is 223 g/mol. The molecule has 1 rings (SSSR count). The highest BCUT2D eigenvalue weighted by Gasteiger charge is 2.20. The van der Waals surface area contributed by atoms with Crippen LogP contribution < -0.4 is 0 Å². The first kappa shape index (κ1) is 11.8. The normalized spacial score (nSPS) is 9.56. The molecular weight excluding hydrogens is 214 g/mol. The quantitative estimate of drug-likeness (QED) is 0.327. The average molecular weight is 223 g/mol. The van der Waals surface area contributed by atoms with Crippen molar-refractivity contribution in [3.05, 3.63) is 39.9 Å². The van der Waals surface area contributed by atoms with E-state index in [0.717, 1.165) is 7.11 Å². The van der Waals surface area contributed by atoms with Gasteiger partial charge in [0.1, 0.15) is 0 Å². The molecule has 16 heavy (non-hydrogen) atoms. The van der Waals surface area contributed by atoms with E-state index in [4.69, 9.17) is 0 Å². The van der Waals surface area contributed by atoms with Crippen molar-refractivity contribution in [1.82, 2.24) is 0 Å². The van der Waals surface area contributed by atoms with Crippen molar-refractivity contribution < 1.29 is 19.2 Å². The van der Waals surface area contributed by atoms with E-state index in [-0.39, 0.29) is 17.7 Å². The van der Waals surface area contributed by atoms with Crippen LogP contribution in [0.2, 0.25) is 0 Å². The molecule has 0 amide bonds. The summed E-state index contributed by atoms with van der Waals surface area (Å²) >= 11 is 0. The van der Waals surface area contributed by atoms with Crippen LogP contribution in [-0.2, 0) is 20.7 Å². The lowest BCUT2D eigenvalue weighted by atomic mass is 10.1. The third-order valence-electron chi connectivity index (χ3n) is 1.95. The standard InChI is InChI=1S/C10H9NO5/c1-16-10(13)9(12)6-7-4-2-3-5-8(7)11(14)15/h2-5H,6H2,1H3. The Morgan fingerprint density at radius 2 is 2.00 bits per heavy atom. The average Bonchev–Trinajstić information content (AvgIpc) is 2.28. The molecule has 0 N–H and O–H groups in total. The predicted octanol–water partition coefficient (Wildman–Crippen LogP) is 0.879. The molecule has 0 saturated carbocycles. The number of ketones is 1. The number of nitrogens with zero attached hydrogens (tertiary/aromatic N) is 1. The first-order valence-electron chi connectivity index (χ1n) is 4.39. The van der Waals surface area contributed by atoms with Crippen molar-refractivity contribution in [2.75, 3.05) is 7.11 Å². The van der Waals surface area contributed by atoms with Crippen LogP contribution in [-0.4, -0.2) is 23.8 Å². The Hall–Kier alpha value is -2.24. The number of hydrogen-bond donors (Lipinski definition) is 0. The first-order chi connectivity index (χ1) is 7.56. The fourth-order valence-electron chi connectivity index (χ4n) is 1.20. The summed E-state index contributed by atoms with van der Waals surface area (Å²) in [5.41, 5.74) is 0.0163. The minimum absolute atomic E-state index is 0.181. The van der Waals surface area contributed by atoms with Gasteiger partial charge in [-0.05, 0) is 0 Å². The molecule has 0 aromatic heterocycles. The van der Waals surface area contributed by atoms with E-state index in [9.17, 15) is 19.7 Å². The molecular formula is C10H9NO5. The van der Waals surface area contributed by atoms with Gasteiger partial charge in [-0.1, -0.05) is 18.2 Å². The fraction of sp³-hybridized carbons (Fsp3) is 0.200. The van der Waals surface area contributed by atoms with Gasteiger partial charge in [-0.3, -0.25) is 14.9 Å². The Kier molecular flexibility index (Phi) is 3.71. The molecule has 0 spiro atoms. The molecule has 0 heterocycles. The third kappa shape index (κ3) is 2.63. The maximum Gasteiger partial charge on any atom is 0.374 e. The van der Waals surface area contributed by atoms with Gasteiger partial charge < -0.3 is 4.74 Å². The second-order valence-corrected chi connectivity index (χ2v) is 2.98. The van der Waals surface area contributed by atoms with Crippen molar-refractivity contribution >= 4 is 17.4 Å². The van der Waals surface area contributed by atoms with Crippen molar-refractivity contribution in [3.8, 4) is 0 Å². The van der Waals surface area contributed by atoms with Crippen molar-refractivity contribution in [3.63, 3.8) is 0 Å². The first-order valence-corrected chi connectivity index (χ1v) is 4.39. The smallest absolute Gasteiger partial charge is 0.374 e. The largest absolute Gasteiger partial charge is 0.463 e. The highest BCUT2D eigenvalue weighted by atomic mass is 16.6. The van der Waals surface area contributed by atoms with Crippen LogP contribution in [0.15, 0.2) is 24.3 Å². The van der Waals surface area contributed by atoms with Crippen molar-refractivity contribution in [1.29, 1.82) is 0 Å². The topological polar surface area (TPSA) is 86.5 Å². The fourth-order valence-corrected chi connectivity index (χ4v) is 1.20. The molecule has 0 atom stereocenters. The van der Waals surface area contributed by atoms with Crippen LogP contribution in [0.5, 0.6) is 0 Å². The second-order valence-electron chi connectivity index (χ2n) is 2.98. The molecule has 0 aliphatic carbocycles. The summed E-state index contributed by atoms with van der Waals surface area (Å²) in [4.78, 5) is 32.1. The molecule has 0 radical (unpaired) electrons.